The van der Waals surface area contributed by atoms with Gasteiger partial charge in [-0.25, -0.2) is 0 Å². The van der Waals surface area contributed by atoms with Crippen molar-refractivity contribution in [3.05, 3.63) is 49.8 Å². The zero-order chi connectivity index (χ0) is 15.4. The summed E-state index contributed by atoms with van der Waals surface area (Å²) in [6, 6.07) is 9.25. The fraction of sp³-hybridized carbons (Fsp3) is 0.438. The number of rotatable bonds is 6. The molecule has 1 aromatic carbocycles. The highest BCUT2D eigenvalue weighted by molar-refractivity contribution is 14.1. The first-order valence-corrected chi connectivity index (χ1v) is 9.10. The minimum Gasteiger partial charge on any atom is -0.310 e. The van der Waals surface area contributed by atoms with Crippen molar-refractivity contribution in [2.24, 2.45) is 0 Å². The molecule has 0 saturated carbocycles. The fourth-order valence-electron chi connectivity index (χ4n) is 2.30. The Balaban J connectivity index is 2.23. The van der Waals surface area contributed by atoms with Gasteiger partial charge in [0.2, 0.25) is 0 Å². The van der Waals surface area contributed by atoms with Gasteiger partial charge < -0.3 is 5.32 Å². The van der Waals surface area contributed by atoms with Crippen LogP contribution in [0.5, 0.6) is 0 Å². The van der Waals surface area contributed by atoms with Gasteiger partial charge in [0.15, 0.2) is 0 Å². The van der Waals surface area contributed by atoms with Crippen LogP contribution in [0.1, 0.15) is 44.1 Å². The Labute approximate surface area is 148 Å². The van der Waals surface area contributed by atoms with Crippen molar-refractivity contribution in [1.82, 2.24) is 15.1 Å². The lowest BCUT2D eigenvalue weighted by Gasteiger charge is -2.19. The highest BCUT2D eigenvalue weighted by Crippen LogP contribution is 2.26. The van der Waals surface area contributed by atoms with Crippen LogP contribution in [-0.2, 0) is 6.42 Å². The summed E-state index contributed by atoms with van der Waals surface area (Å²) in [7, 11) is 0. The van der Waals surface area contributed by atoms with E-state index in [-0.39, 0.29) is 6.04 Å². The van der Waals surface area contributed by atoms with Gasteiger partial charge in [-0.1, -0.05) is 22.9 Å². The number of likely N-dealkylation sites (N-methyl/N-ethyl adjacent to an activating group) is 1. The molecule has 1 heterocycles. The standard InChI is InChI=1S/C16H21BrIN3/c1-4-19-16(14-9-12(17)5-6-15(14)18)10-13-7-8-21(20-13)11(2)3/h5-9,11,16,19H,4,10H2,1-3H3. The predicted molar refractivity (Wildman–Crippen MR) is 99.6 cm³/mol. The van der Waals surface area contributed by atoms with Gasteiger partial charge >= 0.3 is 0 Å². The highest BCUT2D eigenvalue weighted by atomic mass is 127. The highest BCUT2D eigenvalue weighted by Gasteiger charge is 2.16. The molecule has 0 bridgehead atoms. The smallest absolute Gasteiger partial charge is 0.0643 e. The summed E-state index contributed by atoms with van der Waals surface area (Å²) >= 11 is 5.98. The van der Waals surface area contributed by atoms with E-state index < -0.39 is 0 Å². The van der Waals surface area contributed by atoms with Crippen molar-refractivity contribution >= 4 is 38.5 Å². The molecule has 1 unspecified atom stereocenters. The third kappa shape index (κ3) is 4.53. The SMILES string of the molecule is CCNC(Cc1ccn(C(C)C)n1)c1cc(Br)ccc1I. The molecule has 0 aliphatic carbocycles. The van der Waals surface area contributed by atoms with Gasteiger partial charge in [-0.2, -0.15) is 5.10 Å². The van der Waals surface area contributed by atoms with Crippen LogP contribution in [0.2, 0.25) is 0 Å². The first-order valence-electron chi connectivity index (χ1n) is 7.23. The first kappa shape index (κ1) is 17.0. The molecule has 2 aromatic rings. The van der Waals surface area contributed by atoms with Crippen molar-refractivity contribution in [1.29, 1.82) is 0 Å². The van der Waals surface area contributed by atoms with Crippen molar-refractivity contribution in [3.8, 4) is 0 Å². The van der Waals surface area contributed by atoms with Gasteiger partial charge in [0.05, 0.1) is 5.69 Å². The van der Waals surface area contributed by atoms with Gasteiger partial charge in [-0.05, 0) is 72.8 Å². The average Bonchev–Trinajstić information content (AvgIpc) is 2.90. The number of nitrogens with one attached hydrogen (secondary N) is 1. The van der Waals surface area contributed by atoms with Crippen LogP contribution < -0.4 is 5.32 Å². The van der Waals surface area contributed by atoms with E-state index in [0.717, 1.165) is 23.1 Å². The number of hydrogen-bond acceptors (Lipinski definition) is 2. The normalized spacial score (nSPS) is 12.9. The van der Waals surface area contributed by atoms with Gasteiger partial charge in [0.1, 0.15) is 0 Å². The molecule has 2 rings (SSSR count). The minimum atomic E-state index is 0.287. The Bertz CT molecular complexity index is 595. The van der Waals surface area contributed by atoms with Gasteiger partial charge in [-0.15, -0.1) is 0 Å². The first-order chi connectivity index (χ1) is 10.0. The Hall–Kier alpha value is -0.400. The molecule has 21 heavy (non-hydrogen) atoms. The summed E-state index contributed by atoms with van der Waals surface area (Å²) in [6.07, 6.45) is 2.97. The number of nitrogens with zero attached hydrogens (tertiary/aromatic N) is 2. The summed E-state index contributed by atoms with van der Waals surface area (Å²) in [5.41, 5.74) is 2.45. The van der Waals surface area contributed by atoms with E-state index in [9.17, 15) is 0 Å². The van der Waals surface area contributed by atoms with Crippen molar-refractivity contribution in [2.75, 3.05) is 6.54 Å². The summed E-state index contributed by atoms with van der Waals surface area (Å²) in [6.45, 7) is 7.38. The quantitative estimate of drug-likeness (QED) is 0.630. The maximum absolute atomic E-state index is 4.67. The molecule has 0 radical (unpaired) electrons. The van der Waals surface area contributed by atoms with E-state index in [0.29, 0.717) is 6.04 Å². The molecule has 1 aromatic heterocycles. The Morgan fingerprint density at radius 2 is 2.10 bits per heavy atom. The van der Waals surface area contributed by atoms with Crippen LogP contribution in [0.3, 0.4) is 0 Å². The molecule has 0 aliphatic heterocycles. The molecular formula is C16H21BrIN3. The maximum Gasteiger partial charge on any atom is 0.0643 e. The Kier molecular flexibility index (Phi) is 6.25. The lowest BCUT2D eigenvalue weighted by atomic mass is 10.0. The predicted octanol–water partition coefficient (Wildman–Crippen LogP) is 4.72. The summed E-state index contributed by atoms with van der Waals surface area (Å²) < 4.78 is 4.42. The number of aromatic nitrogens is 2. The van der Waals surface area contributed by atoms with Gasteiger partial charge in [0.25, 0.3) is 0 Å². The molecule has 1 atom stereocenters. The summed E-state index contributed by atoms with van der Waals surface area (Å²) in [5.74, 6) is 0. The van der Waals surface area contributed by atoms with Crippen LogP contribution in [0.25, 0.3) is 0 Å². The molecule has 0 aliphatic rings. The van der Waals surface area contributed by atoms with E-state index >= 15 is 0 Å². The van der Waals surface area contributed by atoms with E-state index in [1.54, 1.807) is 0 Å². The van der Waals surface area contributed by atoms with Crippen molar-refractivity contribution < 1.29 is 0 Å². The van der Waals surface area contributed by atoms with Crippen LogP contribution in [0.15, 0.2) is 34.9 Å². The van der Waals surface area contributed by atoms with E-state index in [1.165, 1.54) is 9.13 Å². The summed E-state index contributed by atoms with van der Waals surface area (Å²) in [5, 5.41) is 8.25. The second-order valence-electron chi connectivity index (χ2n) is 5.36. The zero-order valence-electron chi connectivity index (χ0n) is 12.6. The maximum atomic E-state index is 4.67. The van der Waals surface area contributed by atoms with E-state index in [1.807, 2.05) is 4.68 Å². The minimum absolute atomic E-state index is 0.287. The summed E-state index contributed by atoms with van der Waals surface area (Å²) in [4.78, 5) is 0. The van der Waals surface area contributed by atoms with Crippen molar-refractivity contribution in [2.45, 2.75) is 39.3 Å². The molecule has 1 N–H and O–H groups in total. The third-order valence-corrected chi connectivity index (χ3v) is 4.87. The number of hydrogen-bond donors (Lipinski definition) is 1. The van der Waals surface area contributed by atoms with Gasteiger partial charge in [-0.3, -0.25) is 4.68 Å². The topological polar surface area (TPSA) is 29.9 Å². The van der Waals surface area contributed by atoms with Crippen LogP contribution in [-0.4, -0.2) is 16.3 Å². The molecule has 114 valence electrons. The van der Waals surface area contributed by atoms with Crippen LogP contribution in [0, 0.1) is 3.57 Å². The second-order valence-corrected chi connectivity index (χ2v) is 7.44. The lowest BCUT2D eigenvalue weighted by Crippen LogP contribution is -2.24. The Morgan fingerprint density at radius 1 is 1.33 bits per heavy atom. The van der Waals surface area contributed by atoms with Gasteiger partial charge in [0, 0.05) is 32.7 Å². The van der Waals surface area contributed by atoms with Crippen LogP contribution >= 0.6 is 38.5 Å². The molecule has 0 fully saturated rings. The second kappa shape index (κ2) is 7.74. The molecule has 3 nitrogen and oxygen atoms in total. The zero-order valence-corrected chi connectivity index (χ0v) is 16.3. The fourth-order valence-corrected chi connectivity index (χ4v) is 3.39. The molecule has 5 heteroatoms. The Morgan fingerprint density at radius 3 is 2.71 bits per heavy atom. The molecule has 0 spiro atoms. The number of halogens is 2. The monoisotopic (exact) mass is 461 g/mol. The van der Waals surface area contributed by atoms with Crippen LogP contribution in [0.4, 0.5) is 0 Å². The largest absolute Gasteiger partial charge is 0.310 e. The number of benzene rings is 1. The molecule has 0 amide bonds. The average molecular weight is 462 g/mol. The third-order valence-electron chi connectivity index (χ3n) is 3.39. The van der Waals surface area contributed by atoms with E-state index in [4.69, 9.17) is 0 Å². The lowest BCUT2D eigenvalue weighted by molar-refractivity contribution is 0.506. The van der Waals surface area contributed by atoms with E-state index in [2.05, 4.69) is 100 Å². The van der Waals surface area contributed by atoms with Crippen molar-refractivity contribution in [3.63, 3.8) is 0 Å². The molecular weight excluding hydrogens is 441 g/mol. The molecule has 0 saturated heterocycles.